The second kappa shape index (κ2) is 6.74. The van der Waals surface area contributed by atoms with E-state index in [1.54, 1.807) is 0 Å². The zero-order chi connectivity index (χ0) is 14.0. The summed E-state index contributed by atoms with van der Waals surface area (Å²) in [6.45, 7) is 1.12. The lowest BCUT2D eigenvalue weighted by molar-refractivity contribution is -0.140. The molecule has 1 aromatic carbocycles. The van der Waals surface area contributed by atoms with E-state index < -0.39 is 23.6 Å². The normalized spacial score (nSPS) is 18.4. The summed E-state index contributed by atoms with van der Waals surface area (Å²) in [6, 6.07) is 2.45. The Morgan fingerprint density at radius 3 is 2.35 bits per heavy atom. The molecule has 20 heavy (non-hydrogen) atoms. The molecule has 1 fully saturated rings. The van der Waals surface area contributed by atoms with Crippen molar-refractivity contribution in [3.63, 3.8) is 0 Å². The predicted molar refractivity (Wildman–Crippen MR) is 69.1 cm³/mol. The van der Waals surface area contributed by atoms with Gasteiger partial charge in [-0.15, -0.1) is 12.4 Å². The Balaban J connectivity index is 0.00000200. The maximum atomic E-state index is 13.2. The van der Waals surface area contributed by atoms with Gasteiger partial charge in [0.15, 0.2) is 0 Å². The molecule has 0 saturated carbocycles. The third-order valence-electron chi connectivity index (χ3n) is 3.45. The van der Waals surface area contributed by atoms with E-state index in [0.29, 0.717) is 31.6 Å². The highest BCUT2D eigenvalue weighted by molar-refractivity contribution is 5.85. The summed E-state index contributed by atoms with van der Waals surface area (Å²) in [5.41, 5.74) is 5.05. The molecule has 0 bridgehead atoms. The summed E-state index contributed by atoms with van der Waals surface area (Å²) in [5, 5.41) is 0. The van der Waals surface area contributed by atoms with E-state index in [1.165, 1.54) is 6.07 Å². The number of alkyl halides is 3. The number of hydrogen-bond donors (Lipinski definition) is 1. The molecule has 1 aromatic rings. The average Bonchev–Trinajstić information content (AvgIpc) is 2.38. The van der Waals surface area contributed by atoms with E-state index in [-0.39, 0.29) is 18.3 Å². The number of rotatable bonds is 2. The smallest absolute Gasteiger partial charge is 0.381 e. The third-order valence-corrected chi connectivity index (χ3v) is 3.45. The largest absolute Gasteiger partial charge is 0.419 e. The molecule has 0 amide bonds. The Hall–Kier alpha value is -0.850. The van der Waals surface area contributed by atoms with Crippen LogP contribution in [-0.2, 0) is 10.9 Å². The molecule has 1 atom stereocenters. The van der Waals surface area contributed by atoms with E-state index in [9.17, 15) is 17.6 Å². The van der Waals surface area contributed by atoms with Gasteiger partial charge < -0.3 is 10.5 Å². The van der Waals surface area contributed by atoms with Crippen molar-refractivity contribution in [2.75, 3.05) is 13.2 Å². The van der Waals surface area contributed by atoms with Crippen LogP contribution in [0.5, 0.6) is 0 Å². The summed E-state index contributed by atoms with van der Waals surface area (Å²) < 4.78 is 56.3. The molecule has 2 nitrogen and oxygen atoms in total. The minimum atomic E-state index is -4.70. The van der Waals surface area contributed by atoms with Crippen molar-refractivity contribution in [3.8, 4) is 0 Å². The fraction of sp³-hybridized carbons (Fsp3) is 0.538. The Kier molecular flexibility index (Phi) is 5.79. The molecule has 0 aromatic heterocycles. The zero-order valence-corrected chi connectivity index (χ0v) is 11.4. The molecule has 1 aliphatic rings. The van der Waals surface area contributed by atoms with Gasteiger partial charge in [0.05, 0.1) is 5.56 Å². The van der Waals surface area contributed by atoms with Crippen LogP contribution >= 0.6 is 12.4 Å². The maximum Gasteiger partial charge on any atom is 0.419 e. The number of benzene rings is 1. The van der Waals surface area contributed by atoms with Crippen molar-refractivity contribution in [3.05, 3.63) is 35.1 Å². The number of hydrogen-bond acceptors (Lipinski definition) is 2. The summed E-state index contributed by atoms with van der Waals surface area (Å²) in [7, 11) is 0. The van der Waals surface area contributed by atoms with Gasteiger partial charge >= 0.3 is 6.18 Å². The van der Waals surface area contributed by atoms with Crippen LogP contribution in [0.4, 0.5) is 17.6 Å². The quantitative estimate of drug-likeness (QED) is 0.845. The molecule has 114 valence electrons. The molecule has 1 saturated heterocycles. The van der Waals surface area contributed by atoms with Crippen molar-refractivity contribution in [2.24, 2.45) is 11.7 Å². The SMILES string of the molecule is Cl.N[C@H](c1ccc(F)c(C(F)(F)F)c1)C1CCOCC1. The van der Waals surface area contributed by atoms with Gasteiger partial charge in [0.2, 0.25) is 0 Å². The molecule has 0 unspecified atom stereocenters. The third kappa shape index (κ3) is 3.84. The Morgan fingerprint density at radius 2 is 1.80 bits per heavy atom. The molecule has 0 radical (unpaired) electrons. The Labute approximate surface area is 120 Å². The van der Waals surface area contributed by atoms with Crippen LogP contribution in [0.25, 0.3) is 0 Å². The number of halogens is 5. The lowest BCUT2D eigenvalue weighted by atomic mass is 9.87. The first kappa shape index (κ1) is 17.2. The van der Waals surface area contributed by atoms with Crippen LogP contribution in [0, 0.1) is 11.7 Å². The van der Waals surface area contributed by atoms with Gasteiger partial charge in [-0.2, -0.15) is 13.2 Å². The van der Waals surface area contributed by atoms with E-state index >= 15 is 0 Å². The molecular formula is C13H16ClF4NO. The first-order chi connectivity index (χ1) is 8.89. The zero-order valence-electron chi connectivity index (χ0n) is 10.6. The standard InChI is InChI=1S/C13H15F4NO.ClH/c14-11-2-1-9(7-10(11)13(15,16)17)12(18)8-3-5-19-6-4-8;/h1-2,7-8,12H,3-6,18H2;1H/t12-;/m0./s1. The minimum Gasteiger partial charge on any atom is -0.381 e. The van der Waals surface area contributed by atoms with Crippen LogP contribution in [0.1, 0.15) is 30.0 Å². The highest BCUT2D eigenvalue weighted by Crippen LogP contribution is 2.35. The van der Waals surface area contributed by atoms with Crippen LogP contribution < -0.4 is 5.73 Å². The highest BCUT2D eigenvalue weighted by atomic mass is 35.5. The minimum absolute atomic E-state index is 0. The van der Waals surface area contributed by atoms with Gasteiger partial charge in [-0.25, -0.2) is 4.39 Å². The van der Waals surface area contributed by atoms with Crippen LogP contribution in [0.3, 0.4) is 0 Å². The fourth-order valence-electron chi connectivity index (χ4n) is 2.31. The van der Waals surface area contributed by atoms with Crippen molar-refractivity contribution >= 4 is 12.4 Å². The van der Waals surface area contributed by atoms with Crippen molar-refractivity contribution < 1.29 is 22.3 Å². The summed E-state index contributed by atoms with van der Waals surface area (Å²) in [6.07, 6.45) is -3.28. The molecule has 7 heteroatoms. The lowest BCUT2D eigenvalue weighted by Gasteiger charge is -2.28. The molecule has 0 spiro atoms. The maximum absolute atomic E-state index is 13.2. The Bertz CT molecular complexity index is 446. The number of nitrogens with two attached hydrogens (primary N) is 1. The number of ether oxygens (including phenoxy) is 1. The van der Waals surface area contributed by atoms with Crippen molar-refractivity contribution in [1.29, 1.82) is 0 Å². The van der Waals surface area contributed by atoms with E-state index in [1.807, 2.05) is 0 Å². The fourth-order valence-corrected chi connectivity index (χ4v) is 2.31. The monoisotopic (exact) mass is 313 g/mol. The van der Waals surface area contributed by atoms with Crippen molar-refractivity contribution in [2.45, 2.75) is 25.1 Å². The summed E-state index contributed by atoms with van der Waals surface area (Å²) >= 11 is 0. The van der Waals surface area contributed by atoms with Gasteiger partial charge in [0.25, 0.3) is 0 Å². The molecule has 2 N–H and O–H groups in total. The summed E-state index contributed by atoms with van der Waals surface area (Å²) in [4.78, 5) is 0. The van der Waals surface area contributed by atoms with E-state index in [2.05, 4.69) is 0 Å². The summed E-state index contributed by atoms with van der Waals surface area (Å²) in [5.74, 6) is -1.20. The topological polar surface area (TPSA) is 35.2 Å². The molecule has 0 aliphatic carbocycles. The first-order valence-corrected chi connectivity index (χ1v) is 6.09. The van der Waals surface area contributed by atoms with Gasteiger partial charge in [0, 0.05) is 19.3 Å². The van der Waals surface area contributed by atoms with Crippen LogP contribution in [-0.4, -0.2) is 13.2 Å². The molecule has 1 heterocycles. The molecule has 1 aliphatic heterocycles. The lowest BCUT2D eigenvalue weighted by Crippen LogP contribution is -2.27. The average molecular weight is 314 g/mol. The van der Waals surface area contributed by atoms with E-state index in [4.69, 9.17) is 10.5 Å². The van der Waals surface area contributed by atoms with E-state index in [0.717, 1.165) is 12.1 Å². The van der Waals surface area contributed by atoms with Crippen LogP contribution in [0.2, 0.25) is 0 Å². The Morgan fingerprint density at radius 1 is 1.20 bits per heavy atom. The van der Waals surface area contributed by atoms with Gasteiger partial charge in [-0.1, -0.05) is 6.07 Å². The van der Waals surface area contributed by atoms with Gasteiger partial charge in [0.1, 0.15) is 5.82 Å². The van der Waals surface area contributed by atoms with Gasteiger partial charge in [-0.05, 0) is 36.5 Å². The van der Waals surface area contributed by atoms with Crippen molar-refractivity contribution in [1.82, 2.24) is 0 Å². The highest BCUT2D eigenvalue weighted by Gasteiger charge is 2.35. The molecular weight excluding hydrogens is 298 g/mol. The second-order valence-corrected chi connectivity index (χ2v) is 4.71. The first-order valence-electron chi connectivity index (χ1n) is 6.09. The molecule has 2 rings (SSSR count). The second-order valence-electron chi connectivity index (χ2n) is 4.71. The predicted octanol–water partition coefficient (Wildman–Crippen LogP) is 3.69. The van der Waals surface area contributed by atoms with Crippen LogP contribution in [0.15, 0.2) is 18.2 Å². The van der Waals surface area contributed by atoms with Gasteiger partial charge in [-0.3, -0.25) is 0 Å².